The first-order valence-corrected chi connectivity index (χ1v) is 6.14. The summed E-state index contributed by atoms with van der Waals surface area (Å²) in [5.74, 6) is -1.68. The molecule has 21 heavy (non-hydrogen) atoms. The van der Waals surface area contributed by atoms with Gasteiger partial charge in [-0.25, -0.2) is 0 Å². The van der Waals surface area contributed by atoms with Gasteiger partial charge in [-0.05, 0) is 24.3 Å². The maximum Gasteiger partial charge on any atom is 0.194 e. The van der Waals surface area contributed by atoms with Crippen molar-refractivity contribution in [1.29, 1.82) is 0 Å². The van der Waals surface area contributed by atoms with Crippen molar-refractivity contribution in [3.05, 3.63) is 59.2 Å². The van der Waals surface area contributed by atoms with Gasteiger partial charge in [-0.1, -0.05) is 12.1 Å². The summed E-state index contributed by atoms with van der Waals surface area (Å²) < 4.78 is 0. The lowest BCUT2D eigenvalue weighted by molar-refractivity contribution is 0.0999. The van der Waals surface area contributed by atoms with Crippen molar-refractivity contribution in [3.63, 3.8) is 0 Å². The Morgan fingerprint density at radius 1 is 0.810 bits per heavy atom. The molecule has 0 aromatic heterocycles. The molecule has 0 radical (unpaired) electrons. The predicted molar refractivity (Wildman–Crippen MR) is 74.5 cm³/mol. The highest BCUT2D eigenvalue weighted by molar-refractivity contribution is 6.39. The lowest BCUT2D eigenvalue weighted by Gasteiger charge is -2.16. The molecule has 0 spiro atoms. The van der Waals surface area contributed by atoms with E-state index in [1.807, 2.05) is 0 Å². The maximum absolute atomic E-state index is 12.4. The van der Waals surface area contributed by atoms with Gasteiger partial charge in [0, 0.05) is 22.8 Å². The first-order chi connectivity index (χ1) is 9.99. The number of carbonyl (C=O) groups is 2. The van der Waals surface area contributed by atoms with Crippen molar-refractivity contribution in [1.82, 2.24) is 0 Å². The molecule has 104 valence electrons. The predicted octanol–water partition coefficient (Wildman–Crippen LogP) is 2.27. The number of hydrogen-bond donors (Lipinski definition) is 3. The van der Waals surface area contributed by atoms with Gasteiger partial charge in [0.05, 0.1) is 5.56 Å². The van der Waals surface area contributed by atoms with Gasteiger partial charge in [-0.3, -0.25) is 9.59 Å². The summed E-state index contributed by atoms with van der Waals surface area (Å²) >= 11 is 0. The molecule has 5 nitrogen and oxygen atoms in total. The lowest BCUT2D eigenvalue weighted by atomic mass is 9.85. The summed E-state index contributed by atoms with van der Waals surface area (Å²) in [5, 5.41) is 28.8. The average Bonchev–Trinajstić information content (AvgIpc) is 2.43. The van der Waals surface area contributed by atoms with Crippen molar-refractivity contribution < 1.29 is 24.9 Å². The van der Waals surface area contributed by atoms with Gasteiger partial charge in [0.15, 0.2) is 11.6 Å². The number of carbonyl (C=O) groups excluding carboxylic acids is 2. The molecule has 1 aliphatic rings. The zero-order chi connectivity index (χ0) is 15.1. The number of ketones is 2. The SMILES string of the molecule is O=C1C(c2ccc(O)cc2O)=CC(=O)c2c(O)cccc21. The Balaban J connectivity index is 2.19. The molecule has 0 atom stereocenters. The molecule has 0 unspecified atom stereocenters. The van der Waals surface area contributed by atoms with Crippen molar-refractivity contribution in [2.24, 2.45) is 0 Å². The van der Waals surface area contributed by atoms with Crippen LogP contribution in [0.3, 0.4) is 0 Å². The number of rotatable bonds is 1. The normalized spacial score (nSPS) is 13.8. The highest BCUT2D eigenvalue weighted by Crippen LogP contribution is 2.36. The molecule has 0 saturated carbocycles. The summed E-state index contributed by atoms with van der Waals surface area (Å²) in [6, 6.07) is 8.01. The molecular formula is C16H10O5. The zero-order valence-corrected chi connectivity index (χ0v) is 10.7. The van der Waals surface area contributed by atoms with Crippen LogP contribution >= 0.6 is 0 Å². The molecule has 0 heterocycles. The van der Waals surface area contributed by atoms with Gasteiger partial charge in [0.25, 0.3) is 0 Å². The highest BCUT2D eigenvalue weighted by Gasteiger charge is 2.29. The van der Waals surface area contributed by atoms with E-state index in [9.17, 15) is 24.9 Å². The molecule has 0 aliphatic heterocycles. The first kappa shape index (κ1) is 12.9. The second-order valence-electron chi connectivity index (χ2n) is 4.65. The first-order valence-electron chi connectivity index (χ1n) is 6.14. The number of hydrogen-bond acceptors (Lipinski definition) is 5. The topological polar surface area (TPSA) is 94.8 Å². The van der Waals surface area contributed by atoms with Crippen LogP contribution < -0.4 is 0 Å². The molecule has 1 aliphatic carbocycles. The number of aromatic hydroxyl groups is 3. The van der Waals surface area contributed by atoms with E-state index in [1.54, 1.807) is 0 Å². The van der Waals surface area contributed by atoms with Gasteiger partial charge in [0.1, 0.15) is 17.2 Å². The molecule has 0 amide bonds. The van der Waals surface area contributed by atoms with E-state index in [-0.39, 0.29) is 39.5 Å². The number of benzene rings is 2. The van der Waals surface area contributed by atoms with Gasteiger partial charge < -0.3 is 15.3 Å². The van der Waals surface area contributed by atoms with Crippen LogP contribution in [0.4, 0.5) is 0 Å². The second-order valence-corrected chi connectivity index (χ2v) is 4.65. The van der Waals surface area contributed by atoms with Crippen LogP contribution in [0.25, 0.3) is 5.57 Å². The van der Waals surface area contributed by atoms with Crippen LogP contribution in [0, 0.1) is 0 Å². The molecule has 3 N–H and O–H groups in total. The molecule has 2 aromatic carbocycles. The summed E-state index contributed by atoms with van der Waals surface area (Å²) in [4.78, 5) is 24.5. The van der Waals surface area contributed by atoms with Gasteiger partial charge in [-0.15, -0.1) is 0 Å². The van der Waals surface area contributed by atoms with Crippen LogP contribution in [-0.4, -0.2) is 26.9 Å². The maximum atomic E-state index is 12.4. The summed E-state index contributed by atoms with van der Waals surface area (Å²) in [6.07, 6.45) is 1.08. The van der Waals surface area contributed by atoms with Crippen molar-refractivity contribution >= 4 is 17.1 Å². The van der Waals surface area contributed by atoms with Crippen molar-refractivity contribution in [2.45, 2.75) is 0 Å². The Kier molecular flexibility index (Phi) is 2.76. The molecule has 0 bridgehead atoms. The van der Waals surface area contributed by atoms with Gasteiger partial charge >= 0.3 is 0 Å². The average molecular weight is 282 g/mol. The smallest absolute Gasteiger partial charge is 0.194 e. The second kappa shape index (κ2) is 4.49. The fourth-order valence-electron chi connectivity index (χ4n) is 2.35. The third kappa shape index (κ3) is 1.95. The monoisotopic (exact) mass is 282 g/mol. The molecule has 0 saturated heterocycles. The van der Waals surface area contributed by atoms with Crippen molar-refractivity contribution in [3.8, 4) is 17.2 Å². The van der Waals surface area contributed by atoms with E-state index in [0.29, 0.717) is 0 Å². The Morgan fingerprint density at radius 3 is 2.29 bits per heavy atom. The molecule has 3 rings (SSSR count). The highest BCUT2D eigenvalue weighted by atomic mass is 16.3. The van der Waals surface area contributed by atoms with E-state index in [2.05, 4.69) is 0 Å². The van der Waals surface area contributed by atoms with Crippen LogP contribution in [0.2, 0.25) is 0 Å². The number of phenols is 3. The van der Waals surface area contributed by atoms with Crippen molar-refractivity contribution in [2.75, 3.05) is 0 Å². The summed E-state index contributed by atoms with van der Waals surface area (Å²) in [6.45, 7) is 0. The minimum Gasteiger partial charge on any atom is -0.508 e. The minimum atomic E-state index is -0.509. The van der Waals surface area contributed by atoms with Gasteiger partial charge in [-0.2, -0.15) is 0 Å². The van der Waals surface area contributed by atoms with E-state index in [0.717, 1.165) is 12.1 Å². The number of fused-ring (bicyclic) bond motifs is 1. The Hall–Kier alpha value is -3.08. The summed E-state index contributed by atoms with van der Waals surface area (Å²) in [7, 11) is 0. The number of Topliss-reactive ketones (excluding diaryl/α,β-unsaturated/α-hetero) is 1. The number of allylic oxidation sites excluding steroid dienone is 2. The largest absolute Gasteiger partial charge is 0.508 e. The molecule has 0 fully saturated rings. The lowest BCUT2D eigenvalue weighted by Crippen LogP contribution is -2.16. The Bertz CT molecular complexity index is 817. The van der Waals surface area contributed by atoms with E-state index in [4.69, 9.17) is 0 Å². The fraction of sp³-hybridized carbons (Fsp3) is 0. The molecule has 2 aromatic rings. The summed E-state index contributed by atoms with van der Waals surface area (Å²) in [5.41, 5.74) is 0.227. The minimum absolute atomic E-state index is 0.0237. The number of phenolic OH excluding ortho intramolecular Hbond substituents is 3. The zero-order valence-electron chi connectivity index (χ0n) is 10.7. The quantitative estimate of drug-likeness (QED) is 0.745. The molecule has 5 heteroatoms. The third-order valence-corrected chi connectivity index (χ3v) is 3.33. The van der Waals surface area contributed by atoms with E-state index < -0.39 is 11.6 Å². The van der Waals surface area contributed by atoms with E-state index in [1.165, 1.54) is 30.3 Å². The van der Waals surface area contributed by atoms with Crippen LogP contribution in [0.15, 0.2) is 42.5 Å². The third-order valence-electron chi connectivity index (χ3n) is 3.33. The Morgan fingerprint density at radius 2 is 1.57 bits per heavy atom. The Labute approximate surface area is 119 Å². The van der Waals surface area contributed by atoms with Gasteiger partial charge in [0.2, 0.25) is 0 Å². The van der Waals surface area contributed by atoms with Crippen LogP contribution in [-0.2, 0) is 0 Å². The molecular weight excluding hydrogens is 272 g/mol. The van der Waals surface area contributed by atoms with Crippen LogP contribution in [0.5, 0.6) is 17.2 Å². The van der Waals surface area contributed by atoms with Crippen LogP contribution in [0.1, 0.15) is 26.3 Å². The van der Waals surface area contributed by atoms with E-state index >= 15 is 0 Å². The standard InChI is InChI=1S/C16H10O5/c17-8-4-5-9(13(19)6-8)11-7-14(20)15-10(16(11)21)2-1-3-12(15)18/h1-7,17-19H. The fourth-order valence-corrected chi connectivity index (χ4v) is 2.35.